The van der Waals surface area contributed by atoms with E-state index in [1.807, 2.05) is 48.5 Å². The van der Waals surface area contributed by atoms with Crippen LogP contribution in [0.1, 0.15) is 36.0 Å². The van der Waals surface area contributed by atoms with Crippen LogP contribution in [0.2, 0.25) is 0 Å². The number of carbonyl (C=O) groups is 2. The van der Waals surface area contributed by atoms with Gasteiger partial charge in [-0.2, -0.15) is 0 Å². The maximum Gasteiger partial charge on any atom is 0.303 e. The third kappa shape index (κ3) is 3.43. The van der Waals surface area contributed by atoms with Crippen LogP contribution >= 0.6 is 0 Å². The number of fused-ring (bicyclic) bond motifs is 1. The van der Waals surface area contributed by atoms with Gasteiger partial charge in [0.1, 0.15) is 11.5 Å². The summed E-state index contributed by atoms with van der Waals surface area (Å²) in [6.07, 6.45) is 1.93. The Labute approximate surface area is 147 Å². The number of Topliss-reactive ketones (excluding diaryl/α,β-unsaturated/α-hetero) is 1. The molecule has 130 valence electrons. The van der Waals surface area contributed by atoms with Gasteiger partial charge in [0.05, 0.1) is 12.5 Å². The molecule has 2 aromatic rings. The van der Waals surface area contributed by atoms with E-state index < -0.39 is 11.4 Å². The van der Waals surface area contributed by atoms with Crippen LogP contribution in [0, 0.1) is 0 Å². The van der Waals surface area contributed by atoms with Gasteiger partial charge in [-0.05, 0) is 48.1 Å². The van der Waals surface area contributed by atoms with E-state index in [2.05, 4.69) is 0 Å². The Kier molecular flexibility index (Phi) is 4.88. The average molecular weight is 338 g/mol. The van der Waals surface area contributed by atoms with Gasteiger partial charge >= 0.3 is 5.97 Å². The molecule has 25 heavy (non-hydrogen) atoms. The fourth-order valence-electron chi connectivity index (χ4n) is 3.83. The molecule has 1 N–H and O–H groups in total. The molecule has 1 unspecified atom stereocenters. The molecule has 1 atom stereocenters. The number of ether oxygens (including phenoxy) is 1. The number of carbonyl (C=O) groups excluding carboxylic acids is 1. The van der Waals surface area contributed by atoms with Crippen molar-refractivity contribution >= 4 is 11.8 Å². The molecular formula is C21H22O4. The highest BCUT2D eigenvalue weighted by atomic mass is 16.5. The zero-order valence-electron chi connectivity index (χ0n) is 14.3. The molecule has 0 saturated heterocycles. The van der Waals surface area contributed by atoms with Crippen LogP contribution in [-0.4, -0.2) is 24.0 Å². The largest absolute Gasteiger partial charge is 0.497 e. The summed E-state index contributed by atoms with van der Waals surface area (Å²) in [5, 5.41) is 9.21. The van der Waals surface area contributed by atoms with Crippen LogP contribution < -0.4 is 4.74 Å². The van der Waals surface area contributed by atoms with E-state index in [4.69, 9.17) is 4.74 Å². The molecule has 0 heterocycles. The normalized spacial score (nSPS) is 19.3. The van der Waals surface area contributed by atoms with Gasteiger partial charge in [-0.25, -0.2) is 0 Å². The maximum atomic E-state index is 13.0. The van der Waals surface area contributed by atoms with Crippen LogP contribution in [0.25, 0.3) is 0 Å². The molecule has 0 amide bonds. The molecule has 0 saturated carbocycles. The third-order valence-corrected chi connectivity index (χ3v) is 5.10. The first-order valence-electron chi connectivity index (χ1n) is 8.51. The number of aliphatic carboxylic acids is 1. The highest BCUT2D eigenvalue weighted by Crippen LogP contribution is 2.42. The van der Waals surface area contributed by atoms with Gasteiger partial charge in [0.15, 0.2) is 0 Å². The van der Waals surface area contributed by atoms with Gasteiger partial charge in [-0.3, -0.25) is 9.59 Å². The molecule has 4 nitrogen and oxygen atoms in total. The van der Waals surface area contributed by atoms with Gasteiger partial charge in [0.25, 0.3) is 0 Å². The molecule has 0 aromatic heterocycles. The van der Waals surface area contributed by atoms with E-state index in [-0.39, 0.29) is 12.2 Å². The van der Waals surface area contributed by atoms with Gasteiger partial charge in [-0.15, -0.1) is 0 Å². The first-order chi connectivity index (χ1) is 12.0. The van der Waals surface area contributed by atoms with Crippen LogP contribution in [0.3, 0.4) is 0 Å². The van der Waals surface area contributed by atoms with Crippen molar-refractivity contribution in [2.75, 3.05) is 7.11 Å². The summed E-state index contributed by atoms with van der Waals surface area (Å²) < 4.78 is 5.31. The number of hydrogen-bond acceptors (Lipinski definition) is 3. The van der Waals surface area contributed by atoms with Crippen molar-refractivity contribution in [3.05, 3.63) is 65.2 Å². The van der Waals surface area contributed by atoms with Crippen molar-refractivity contribution in [2.24, 2.45) is 0 Å². The second-order valence-electron chi connectivity index (χ2n) is 6.58. The minimum absolute atomic E-state index is 0.0238. The molecule has 0 spiro atoms. The van der Waals surface area contributed by atoms with Crippen molar-refractivity contribution in [2.45, 2.75) is 37.5 Å². The first-order valence-corrected chi connectivity index (χ1v) is 8.51. The number of rotatable bonds is 6. The highest BCUT2D eigenvalue weighted by Gasteiger charge is 2.43. The third-order valence-electron chi connectivity index (χ3n) is 5.10. The summed E-state index contributed by atoms with van der Waals surface area (Å²) in [6.45, 7) is 0. The zero-order valence-corrected chi connectivity index (χ0v) is 14.3. The van der Waals surface area contributed by atoms with E-state index in [9.17, 15) is 14.7 Å². The van der Waals surface area contributed by atoms with E-state index in [1.54, 1.807) is 7.11 Å². The van der Waals surface area contributed by atoms with Crippen LogP contribution in [0.15, 0.2) is 48.5 Å². The molecule has 4 heteroatoms. The van der Waals surface area contributed by atoms with Gasteiger partial charge in [0, 0.05) is 12.8 Å². The SMILES string of the molecule is COc1ccc2c(c1)CCC(=O)C2(CCC(=O)O)Cc1ccccc1. The van der Waals surface area contributed by atoms with E-state index >= 15 is 0 Å². The summed E-state index contributed by atoms with van der Waals surface area (Å²) in [7, 11) is 1.62. The van der Waals surface area contributed by atoms with Gasteiger partial charge in [-0.1, -0.05) is 36.4 Å². The predicted molar refractivity (Wildman–Crippen MR) is 95.0 cm³/mol. The quantitative estimate of drug-likeness (QED) is 0.875. The Balaban J connectivity index is 2.09. The molecular weight excluding hydrogens is 316 g/mol. The molecule has 2 aromatic carbocycles. The topological polar surface area (TPSA) is 63.6 Å². The summed E-state index contributed by atoms with van der Waals surface area (Å²) in [5.41, 5.74) is 2.30. The van der Waals surface area contributed by atoms with E-state index in [0.717, 1.165) is 22.4 Å². The predicted octanol–water partition coefficient (Wildman–Crippen LogP) is 3.56. The fourth-order valence-corrected chi connectivity index (χ4v) is 3.83. The van der Waals surface area contributed by atoms with Crippen molar-refractivity contribution < 1.29 is 19.4 Å². The molecule has 0 radical (unpaired) electrons. The van der Waals surface area contributed by atoms with Crippen LogP contribution in [0.4, 0.5) is 0 Å². The second kappa shape index (κ2) is 7.09. The van der Waals surface area contributed by atoms with Crippen LogP contribution in [0.5, 0.6) is 5.75 Å². The molecule has 0 fully saturated rings. The first kappa shape index (κ1) is 17.2. The number of hydrogen-bond donors (Lipinski definition) is 1. The monoisotopic (exact) mass is 338 g/mol. The summed E-state index contributed by atoms with van der Waals surface area (Å²) in [6, 6.07) is 15.6. The lowest BCUT2D eigenvalue weighted by molar-refractivity contribution is -0.137. The number of benzene rings is 2. The smallest absolute Gasteiger partial charge is 0.303 e. The maximum absolute atomic E-state index is 13.0. The molecule has 1 aliphatic carbocycles. The lowest BCUT2D eigenvalue weighted by Gasteiger charge is -2.38. The number of ketones is 1. The van der Waals surface area contributed by atoms with Crippen molar-refractivity contribution in [3.8, 4) is 5.75 Å². The fraction of sp³-hybridized carbons (Fsp3) is 0.333. The average Bonchev–Trinajstić information content (AvgIpc) is 2.63. The minimum Gasteiger partial charge on any atom is -0.497 e. The molecule has 0 aliphatic heterocycles. The molecule has 1 aliphatic rings. The van der Waals surface area contributed by atoms with E-state index in [0.29, 0.717) is 25.7 Å². The summed E-state index contributed by atoms with van der Waals surface area (Å²) >= 11 is 0. The van der Waals surface area contributed by atoms with Gasteiger partial charge < -0.3 is 9.84 Å². The van der Waals surface area contributed by atoms with Gasteiger partial charge in [0.2, 0.25) is 0 Å². The molecule has 3 rings (SSSR count). The standard InChI is InChI=1S/C21H22O4/c1-25-17-8-9-18-16(13-17)7-10-19(22)21(18,12-11-20(23)24)14-15-5-3-2-4-6-15/h2-6,8-9,13H,7,10-12,14H2,1H3,(H,23,24). The van der Waals surface area contributed by atoms with Crippen molar-refractivity contribution in [3.63, 3.8) is 0 Å². The van der Waals surface area contributed by atoms with E-state index in [1.165, 1.54) is 0 Å². The zero-order chi connectivity index (χ0) is 17.9. The Morgan fingerprint density at radius 2 is 1.92 bits per heavy atom. The Bertz CT molecular complexity index is 782. The lowest BCUT2D eigenvalue weighted by Crippen LogP contribution is -2.42. The Hall–Kier alpha value is -2.62. The Morgan fingerprint density at radius 3 is 2.60 bits per heavy atom. The summed E-state index contributed by atoms with van der Waals surface area (Å²) in [4.78, 5) is 24.3. The number of aryl methyl sites for hydroxylation is 1. The lowest BCUT2D eigenvalue weighted by atomic mass is 9.63. The molecule has 0 bridgehead atoms. The number of carboxylic acid groups (broad SMARTS) is 1. The number of carboxylic acids is 1. The van der Waals surface area contributed by atoms with Crippen molar-refractivity contribution in [1.29, 1.82) is 0 Å². The number of methoxy groups -OCH3 is 1. The summed E-state index contributed by atoms with van der Waals surface area (Å²) in [5.74, 6) is 0.0242. The Morgan fingerprint density at radius 1 is 1.16 bits per heavy atom. The minimum atomic E-state index is -0.874. The van der Waals surface area contributed by atoms with Crippen molar-refractivity contribution in [1.82, 2.24) is 0 Å². The second-order valence-corrected chi connectivity index (χ2v) is 6.58. The highest BCUT2D eigenvalue weighted by molar-refractivity contribution is 5.93. The van der Waals surface area contributed by atoms with Crippen LogP contribution in [-0.2, 0) is 27.8 Å².